The van der Waals surface area contributed by atoms with E-state index in [9.17, 15) is 4.79 Å². The van der Waals surface area contributed by atoms with Crippen molar-refractivity contribution < 1.29 is 18.7 Å². The maximum absolute atomic E-state index is 12.7. The smallest absolute Gasteiger partial charge is 0.259 e. The van der Waals surface area contributed by atoms with Crippen LogP contribution in [-0.2, 0) is 0 Å². The SMILES string of the molecule is COc1ccc2oc(-c3cccc(NC(=O)c4cc(Cl)ccc4OC)c3)nc2c1. The third kappa shape index (κ3) is 3.88. The van der Waals surface area contributed by atoms with Gasteiger partial charge in [-0.3, -0.25) is 4.79 Å². The molecule has 146 valence electrons. The Labute approximate surface area is 172 Å². The fourth-order valence-corrected chi connectivity index (χ4v) is 3.12. The lowest BCUT2D eigenvalue weighted by Gasteiger charge is -2.10. The van der Waals surface area contributed by atoms with Gasteiger partial charge in [0.15, 0.2) is 5.58 Å². The number of halogens is 1. The molecule has 0 aliphatic heterocycles. The minimum absolute atomic E-state index is 0.330. The molecule has 0 fully saturated rings. The van der Waals surface area contributed by atoms with Crippen molar-refractivity contribution in [1.29, 1.82) is 0 Å². The lowest BCUT2D eigenvalue weighted by molar-refractivity contribution is 0.102. The van der Waals surface area contributed by atoms with Crippen molar-refractivity contribution in [3.63, 3.8) is 0 Å². The molecule has 0 unspecified atom stereocenters. The summed E-state index contributed by atoms with van der Waals surface area (Å²) in [6, 6.07) is 17.6. The maximum Gasteiger partial charge on any atom is 0.259 e. The summed E-state index contributed by atoms with van der Waals surface area (Å²) in [4.78, 5) is 17.2. The Hall–Kier alpha value is -3.51. The van der Waals surface area contributed by atoms with Gasteiger partial charge in [0, 0.05) is 22.3 Å². The number of hydrogen-bond donors (Lipinski definition) is 1. The number of oxazole rings is 1. The Kier molecular flexibility index (Phi) is 5.10. The number of carbonyl (C=O) groups is 1. The van der Waals surface area contributed by atoms with Gasteiger partial charge >= 0.3 is 0 Å². The molecular formula is C22H17ClN2O4. The van der Waals surface area contributed by atoms with E-state index in [-0.39, 0.29) is 5.91 Å². The molecule has 4 aromatic rings. The largest absolute Gasteiger partial charge is 0.497 e. The van der Waals surface area contributed by atoms with E-state index < -0.39 is 0 Å². The van der Waals surface area contributed by atoms with Crippen molar-refractivity contribution in [1.82, 2.24) is 4.98 Å². The van der Waals surface area contributed by atoms with Crippen LogP contribution in [-0.4, -0.2) is 25.1 Å². The average molecular weight is 409 g/mol. The number of carbonyl (C=O) groups excluding carboxylic acids is 1. The quantitative estimate of drug-likeness (QED) is 0.477. The summed E-state index contributed by atoms with van der Waals surface area (Å²) >= 11 is 6.02. The van der Waals surface area contributed by atoms with Gasteiger partial charge in [0.25, 0.3) is 5.91 Å². The average Bonchev–Trinajstić information content (AvgIpc) is 3.17. The van der Waals surface area contributed by atoms with Crippen LogP contribution >= 0.6 is 11.6 Å². The molecule has 0 radical (unpaired) electrons. The predicted molar refractivity (Wildman–Crippen MR) is 112 cm³/mol. The van der Waals surface area contributed by atoms with Crippen molar-refractivity contribution in [3.8, 4) is 23.0 Å². The van der Waals surface area contributed by atoms with Gasteiger partial charge in [0.05, 0.1) is 19.8 Å². The van der Waals surface area contributed by atoms with E-state index in [1.807, 2.05) is 24.3 Å². The molecule has 0 spiro atoms. The zero-order valence-electron chi connectivity index (χ0n) is 15.7. The predicted octanol–water partition coefficient (Wildman–Crippen LogP) is 5.42. The van der Waals surface area contributed by atoms with Gasteiger partial charge in [-0.1, -0.05) is 17.7 Å². The Morgan fingerprint density at radius 3 is 2.69 bits per heavy atom. The number of anilines is 1. The van der Waals surface area contributed by atoms with Gasteiger partial charge in [0.1, 0.15) is 17.0 Å². The van der Waals surface area contributed by atoms with E-state index in [1.54, 1.807) is 43.5 Å². The highest BCUT2D eigenvalue weighted by molar-refractivity contribution is 6.31. The van der Waals surface area contributed by atoms with Crippen LogP contribution in [0.3, 0.4) is 0 Å². The van der Waals surface area contributed by atoms with E-state index in [2.05, 4.69) is 10.3 Å². The van der Waals surface area contributed by atoms with E-state index in [0.29, 0.717) is 44.8 Å². The summed E-state index contributed by atoms with van der Waals surface area (Å²) in [5, 5.41) is 3.31. The Morgan fingerprint density at radius 2 is 1.90 bits per heavy atom. The third-order valence-electron chi connectivity index (χ3n) is 4.37. The molecule has 0 saturated heterocycles. The lowest BCUT2D eigenvalue weighted by Crippen LogP contribution is -2.13. The zero-order chi connectivity index (χ0) is 20.4. The molecule has 0 atom stereocenters. The van der Waals surface area contributed by atoms with E-state index in [0.717, 1.165) is 5.56 Å². The monoisotopic (exact) mass is 408 g/mol. The molecule has 0 aliphatic rings. The summed E-state index contributed by atoms with van der Waals surface area (Å²) in [7, 11) is 3.10. The van der Waals surface area contributed by atoms with Crippen molar-refractivity contribution in [2.75, 3.05) is 19.5 Å². The van der Waals surface area contributed by atoms with E-state index in [1.165, 1.54) is 7.11 Å². The van der Waals surface area contributed by atoms with E-state index >= 15 is 0 Å². The Morgan fingerprint density at radius 1 is 1.03 bits per heavy atom. The third-order valence-corrected chi connectivity index (χ3v) is 4.60. The fourth-order valence-electron chi connectivity index (χ4n) is 2.94. The van der Waals surface area contributed by atoms with Crippen LogP contribution in [0.5, 0.6) is 11.5 Å². The van der Waals surface area contributed by atoms with Crippen molar-refractivity contribution >= 4 is 34.3 Å². The second-order valence-electron chi connectivity index (χ2n) is 6.23. The highest BCUT2D eigenvalue weighted by Gasteiger charge is 2.15. The Bertz CT molecular complexity index is 1200. The highest BCUT2D eigenvalue weighted by atomic mass is 35.5. The van der Waals surface area contributed by atoms with Crippen LogP contribution < -0.4 is 14.8 Å². The fraction of sp³-hybridized carbons (Fsp3) is 0.0909. The van der Waals surface area contributed by atoms with Gasteiger partial charge in [-0.15, -0.1) is 0 Å². The van der Waals surface area contributed by atoms with Gasteiger partial charge in [0.2, 0.25) is 5.89 Å². The van der Waals surface area contributed by atoms with Crippen molar-refractivity contribution in [2.45, 2.75) is 0 Å². The number of amides is 1. The number of fused-ring (bicyclic) bond motifs is 1. The number of nitrogens with zero attached hydrogens (tertiary/aromatic N) is 1. The van der Waals surface area contributed by atoms with Gasteiger partial charge in [-0.2, -0.15) is 0 Å². The molecule has 6 nitrogen and oxygen atoms in total. The summed E-state index contributed by atoms with van der Waals surface area (Å²) in [5.41, 5.74) is 3.01. The number of aromatic nitrogens is 1. The first kappa shape index (κ1) is 18.8. The van der Waals surface area contributed by atoms with Gasteiger partial charge in [-0.25, -0.2) is 4.98 Å². The summed E-state index contributed by atoms with van der Waals surface area (Å²) < 4.78 is 16.3. The summed E-state index contributed by atoms with van der Waals surface area (Å²) in [6.45, 7) is 0. The number of nitrogens with one attached hydrogen (secondary N) is 1. The molecule has 1 aromatic heterocycles. The molecule has 29 heavy (non-hydrogen) atoms. The first-order valence-corrected chi connectivity index (χ1v) is 9.15. The summed E-state index contributed by atoms with van der Waals surface area (Å²) in [6.07, 6.45) is 0. The van der Waals surface area contributed by atoms with Crippen molar-refractivity contribution in [2.24, 2.45) is 0 Å². The van der Waals surface area contributed by atoms with Gasteiger partial charge < -0.3 is 19.2 Å². The second kappa shape index (κ2) is 7.85. The normalized spacial score (nSPS) is 10.7. The van der Waals surface area contributed by atoms with Crippen LogP contribution in [0.2, 0.25) is 5.02 Å². The highest BCUT2D eigenvalue weighted by Crippen LogP contribution is 2.29. The minimum Gasteiger partial charge on any atom is -0.497 e. The number of methoxy groups -OCH3 is 2. The number of ether oxygens (including phenoxy) is 2. The molecule has 4 rings (SSSR count). The molecule has 1 N–H and O–H groups in total. The van der Waals surface area contributed by atoms with Crippen LogP contribution in [0.25, 0.3) is 22.6 Å². The molecule has 3 aromatic carbocycles. The zero-order valence-corrected chi connectivity index (χ0v) is 16.5. The lowest BCUT2D eigenvalue weighted by atomic mass is 10.1. The first-order chi connectivity index (χ1) is 14.1. The van der Waals surface area contributed by atoms with Crippen LogP contribution in [0.4, 0.5) is 5.69 Å². The molecule has 1 heterocycles. The minimum atomic E-state index is -0.330. The second-order valence-corrected chi connectivity index (χ2v) is 6.67. The molecule has 1 amide bonds. The number of rotatable bonds is 5. The van der Waals surface area contributed by atoms with Crippen LogP contribution in [0.1, 0.15) is 10.4 Å². The number of hydrogen-bond acceptors (Lipinski definition) is 5. The number of benzene rings is 3. The van der Waals surface area contributed by atoms with Gasteiger partial charge in [-0.05, 0) is 48.5 Å². The standard InChI is InChI=1S/C22H17ClN2O4/c1-27-16-7-9-20-18(12-16)25-22(29-20)13-4-3-5-15(10-13)24-21(26)17-11-14(23)6-8-19(17)28-2/h3-12H,1-2H3,(H,24,26). The summed E-state index contributed by atoms with van der Waals surface area (Å²) in [5.74, 6) is 1.26. The maximum atomic E-state index is 12.7. The molecule has 0 aliphatic carbocycles. The molecule has 0 bridgehead atoms. The van der Waals surface area contributed by atoms with Crippen molar-refractivity contribution in [3.05, 3.63) is 71.2 Å². The topological polar surface area (TPSA) is 73.6 Å². The van der Waals surface area contributed by atoms with Crippen LogP contribution in [0.15, 0.2) is 65.1 Å². The van der Waals surface area contributed by atoms with Crippen LogP contribution in [0, 0.1) is 0 Å². The molecule has 7 heteroatoms. The molecular weight excluding hydrogens is 392 g/mol. The first-order valence-electron chi connectivity index (χ1n) is 8.77. The Balaban J connectivity index is 1.62. The van der Waals surface area contributed by atoms with E-state index in [4.69, 9.17) is 25.5 Å². The molecule has 0 saturated carbocycles.